The summed E-state index contributed by atoms with van der Waals surface area (Å²) in [7, 11) is 6.22. The van der Waals surface area contributed by atoms with Gasteiger partial charge in [-0.15, -0.1) is 0 Å². The van der Waals surface area contributed by atoms with Gasteiger partial charge in [0.05, 0.1) is 0 Å². The Morgan fingerprint density at radius 1 is 1.23 bits per heavy atom. The molecule has 0 aromatic carbocycles. The van der Waals surface area contributed by atoms with Crippen LogP contribution in [0.5, 0.6) is 0 Å². The molecule has 1 unspecified atom stereocenters. The van der Waals surface area contributed by atoms with Gasteiger partial charge >= 0.3 is 0 Å². The maximum Gasteiger partial charge on any atom is 0.0101 e. The summed E-state index contributed by atoms with van der Waals surface area (Å²) < 4.78 is 0. The van der Waals surface area contributed by atoms with Crippen LogP contribution in [0.4, 0.5) is 0 Å². The first-order chi connectivity index (χ1) is 6.20. The Hall–Kier alpha value is -0.120. The molecule has 3 nitrogen and oxygen atoms in total. The van der Waals surface area contributed by atoms with Gasteiger partial charge in [0.15, 0.2) is 0 Å². The predicted molar refractivity (Wildman–Crippen MR) is 59.1 cm³/mol. The lowest BCUT2D eigenvalue weighted by Crippen LogP contribution is -2.33. The average molecular weight is 187 g/mol. The van der Waals surface area contributed by atoms with Crippen molar-refractivity contribution < 1.29 is 0 Å². The Morgan fingerprint density at radius 2 is 1.92 bits per heavy atom. The molecule has 3 heteroatoms. The molecule has 0 rings (SSSR count). The molecule has 0 aliphatic rings. The van der Waals surface area contributed by atoms with Crippen molar-refractivity contribution >= 4 is 0 Å². The highest BCUT2D eigenvalue weighted by atomic mass is 15.1. The predicted octanol–water partition coefficient (Wildman–Crippen LogP) is 0.383. The van der Waals surface area contributed by atoms with Crippen LogP contribution in [0.1, 0.15) is 13.3 Å². The van der Waals surface area contributed by atoms with E-state index in [0.717, 1.165) is 32.1 Å². The Kier molecular flexibility index (Phi) is 8.40. The van der Waals surface area contributed by atoms with Gasteiger partial charge < -0.3 is 15.5 Å². The van der Waals surface area contributed by atoms with Crippen LogP contribution in [0, 0.1) is 5.92 Å². The van der Waals surface area contributed by atoms with Crippen LogP contribution >= 0.6 is 0 Å². The molecule has 0 spiro atoms. The monoisotopic (exact) mass is 187 g/mol. The van der Waals surface area contributed by atoms with Gasteiger partial charge in [-0.3, -0.25) is 0 Å². The number of hydrogen-bond acceptors (Lipinski definition) is 3. The molecule has 80 valence electrons. The first-order valence-electron chi connectivity index (χ1n) is 5.20. The second kappa shape index (κ2) is 8.48. The molecule has 0 aromatic heterocycles. The minimum absolute atomic E-state index is 0.771. The normalized spacial score (nSPS) is 13.6. The summed E-state index contributed by atoms with van der Waals surface area (Å²) in [6, 6.07) is 0. The molecule has 1 atom stereocenters. The fourth-order valence-corrected chi connectivity index (χ4v) is 1.26. The molecule has 0 aliphatic heterocycles. The number of nitrogens with one attached hydrogen (secondary N) is 2. The number of rotatable bonds is 8. The molecule has 0 saturated heterocycles. The van der Waals surface area contributed by atoms with Crippen LogP contribution in [0.15, 0.2) is 0 Å². The van der Waals surface area contributed by atoms with Crippen molar-refractivity contribution in [2.75, 3.05) is 47.3 Å². The minimum atomic E-state index is 0.771. The van der Waals surface area contributed by atoms with E-state index in [1.807, 2.05) is 7.05 Å². The maximum atomic E-state index is 3.47. The van der Waals surface area contributed by atoms with Crippen LogP contribution in [0.3, 0.4) is 0 Å². The molecular weight excluding hydrogens is 162 g/mol. The highest BCUT2D eigenvalue weighted by Crippen LogP contribution is 1.97. The maximum absolute atomic E-state index is 3.47. The quantitative estimate of drug-likeness (QED) is 0.538. The zero-order valence-electron chi connectivity index (χ0n) is 9.56. The minimum Gasteiger partial charge on any atom is -0.319 e. The van der Waals surface area contributed by atoms with Crippen LogP contribution in [-0.4, -0.2) is 52.2 Å². The summed E-state index contributed by atoms with van der Waals surface area (Å²) >= 11 is 0. The third-order valence-corrected chi connectivity index (χ3v) is 2.24. The number of likely N-dealkylation sites (N-methyl/N-ethyl adjacent to an activating group) is 1. The van der Waals surface area contributed by atoms with E-state index in [0.29, 0.717) is 0 Å². The highest BCUT2D eigenvalue weighted by Gasteiger charge is 2.03. The van der Waals surface area contributed by atoms with Gasteiger partial charge in [-0.05, 0) is 40.2 Å². The molecule has 0 aromatic rings. The van der Waals surface area contributed by atoms with E-state index in [4.69, 9.17) is 0 Å². The lowest BCUT2D eigenvalue weighted by Gasteiger charge is -2.16. The van der Waals surface area contributed by atoms with Crippen molar-refractivity contribution in [3.05, 3.63) is 0 Å². The fraction of sp³-hybridized carbons (Fsp3) is 1.00. The van der Waals surface area contributed by atoms with E-state index in [2.05, 4.69) is 36.6 Å². The van der Waals surface area contributed by atoms with Gasteiger partial charge in [0, 0.05) is 13.1 Å². The topological polar surface area (TPSA) is 27.3 Å². The van der Waals surface area contributed by atoms with Crippen LogP contribution in [0.25, 0.3) is 0 Å². The summed E-state index contributed by atoms with van der Waals surface area (Å²) in [6.45, 7) is 6.70. The molecule has 0 heterocycles. The lowest BCUT2D eigenvalue weighted by molar-refractivity contribution is 0.380. The summed E-state index contributed by atoms with van der Waals surface area (Å²) in [6.07, 6.45) is 1.25. The second-order valence-corrected chi connectivity index (χ2v) is 3.84. The van der Waals surface area contributed by atoms with Gasteiger partial charge in [0.1, 0.15) is 0 Å². The van der Waals surface area contributed by atoms with Gasteiger partial charge in [0.2, 0.25) is 0 Å². The summed E-state index contributed by atoms with van der Waals surface area (Å²) in [5, 5.41) is 6.69. The Labute approximate surface area is 82.9 Å². The molecule has 0 amide bonds. The molecule has 0 bridgehead atoms. The SMILES string of the molecule is CCC(CNC)CNCCN(C)C. The van der Waals surface area contributed by atoms with Crippen molar-refractivity contribution in [1.29, 1.82) is 0 Å². The average Bonchev–Trinajstić information content (AvgIpc) is 2.10. The van der Waals surface area contributed by atoms with E-state index in [9.17, 15) is 0 Å². The van der Waals surface area contributed by atoms with E-state index in [-0.39, 0.29) is 0 Å². The summed E-state index contributed by atoms with van der Waals surface area (Å²) in [4.78, 5) is 2.20. The van der Waals surface area contributed by atoms with Crippen molar-refractivity contribution in [3.8, 4) is 0 Å². The first-order valence-corrected chi connectivity index (χ1v) is 5.20. The van der Waals surface area contributed by atoms with E-state index in [1.54, 1.807) is 0 Å². The standard InChI is InChI=1S/C10H25N3/c1-5-10(8-11-2)9-12-6-7-13(3)4/h10-12H,5-9H2,1-4H3. The van der Waals surface area contributed by atoms with E-state index in [1.165, 1.54) is 6.42 Å². The van der Waals surface area contributed by atoms with Crippen LogP contribution in [-0.2, 0) is 0 Å². The Bertz CT molecular complexity index is 104. The van der Waals surface area contributed by atoms with Crippen molar-refractivity contribution in [3.63, 3.8) is 0 Å². The fourth-order valence-electron chi connectivity index (χ4n) is 1.26. The smallest absolute Gasteiger partial charge is 0.0101 e. The molecule has 2 N–H and O–H groups in total. The highest BCUT2D eigenvalue weighted by molar-refractivity contribution is 4.62. The van der Waals surface area contributed by atoms with Gasteiger partial charge in [-0.1, -0.05) is 13.3 Å². The largest absolute Gasteiger partial charge is 0.319 e. The zero-order chi connectivity index (χ0) is 10.1. The molecule has 0 aliphatic carbocycles. The molecular formula is C10H25N3. The second-order valence-electron chi connectivity index (χ2n) is 3.84. The van der Waals surface area contributed by atoms with Gasteiger partial charge in [-0.2, -0.15) is 0 Å². The molecule has 0 fully saturated rings. The van der Waals surface area contributed by atoms with E-state index < -0.39 is 0 Å². The van der Waals surface area contributed by atoms with Crippen molar-refractivity contribution in [2.24, 2.45) is 5.92 Å². The van der Waals surface area contributed by atoms with Crippen molar-refractivity contribution in [1.82, 2.24) is 15.5 Å². The third-order valence-electron chi connectivity index (χ3n) is 2.24. The Morgan fingerprint density at radius 3 is 2.38 bits per heavy atom. The summed E-state index contributed by atoms with van der Waals surface area (Å²) in [5.41, 5.74) is 0. The number of nitrogens with zero attached hydrogens (tertiary/aromatic N) is 1. The molecule has 13 heavy (non-hydrogen) atoms. The van der Waals surface area contributed by atoms with Crippen LogP contribution in [0.2, 0.25) is 0 Å². The summed E-state index contributed by atoms with van der Waals surface area (Å²) in [5.74, 6) is 0.771. The van der Waals surface area contributed by atoms with Gasteiger partial charge in [0.25, 0.3) is 0 Å². The zero-order valence-corrected chi connectivity index (χ0v) is 9.56. The molecule has 0 saturated carbocycles. The number of hydrogen-bond donors (Lipinski definition) is 2. The third kappa shape index (κ3) is 8.22. The first kappa shape index (κ1) is 12.9. The Balaban J connectivity index is 3.27. The van der Waals surface area contributed by atoms with Gasteiger partial charge in [-0.25, -0.2) is 0 Å². The van der Waals surface area contributed by atoms with Crippen LogP contribution < -0.4 is 10.6 Å². The van der Waals surface area contributed by atoms with Crippen molar-refractivity contribution in [2.45, 2.75) is 13.3 Å². The van der Waals surface area contributed by atoms with E-state index >= 15 is 0 Å². The lowest BCUT2D eigenvalue weighted by atomic mass is 10.1. The molecule has 0 radical (unpaired) electrons.